The molecule has 5 rings (SSSR count). The number of carbonyl (C=O) groups is 3. The molecule has 5 saturated heterocycles. The maximum Gasteiger partial charge on any atom is 0.472 e. The molecule has 0 aromatic rings. The number of aliphatic hydroxyl groups excluding tert-OH is 6. The highest BCUT2D eigenvalue weighted by atomic mass is 31.2. The summed E-state index contributed by atoms with van der Waals surface area (Å²) in [5.41, 5.74) is -0.965. The number of phosphoric ester groups is 3. The second kappa shape index (κ2) is 42.4. The van der Waals surface area contributed by atoms with E-state index >= 15 is 0 Å². The van der Waals surface area contributed by atoms with Crippen LogP contribution in [0.25, 0.3) is 0 Å². The number of hydrogen-bond donors (Lipinski definition) is 9. The molecule has 5 aliphatic heterocycles. The minimum Gasteiger partial charge on any atom is -0.394 e. The minimum atomic E-state index is -4.51. The maximum atomic E-state index is 13.0. The lowest BCUT2D eigenvalue weighted by molar-refractivity contribution is -0.282. The second-order valence-electron chi connectivity index (χ2n) is 25.2. The number of hydrogen-bond acceptors (Lipinski definition) is 26. The van der Waals surface area contributed by atoms with Crippen molar-refractivity contribution in [3.05, 3.63) is 0 Å². The molecule has 0 aromatic heterocycles. The Morgan fingerprint density at radius 2 is 0.809 bits per heavy atom. The first-order valence-electron chi connectivity index (χ1n) is 33.3. The van der Waals surface area contributed by atoms with Gasteiger partial charge in [-0.1, -0.05) is 20.8 Å². The monoisotopic (exact) mass is 1420 g/mol. The summed E-state index contributed by atoms with van der Waals surface area (Å²) < 4.78 is 118. The Labute approximate surface area is 552 Å². The first-order chi connectivity index (χ1) is 44.7. The number of amides is 3. The van der Waals surface area contributed by atoms with E-state index in [1.807, 2.05) is 13.8 Å². The average Bonchev–Trinajstić information content (AvgIpc) is 3.13. The zero-order valence-corrected chi connectivity index (χ0v) is 58.1. The van der Waals surface area contributed by atoms with Crippen LogP contribution in [-0.4, -0.2) is 283 Å². The third-order valence-electron chi connectivity index (χ3n) is 17.1. The standard InChI is InChI=1S/C59H110N3O29P3/c1-6-50(65)60-22-16-45(17-23-60)89-92(72,73)84-33-11-28-78-38-59(41-83-42(2)3,39-79-29-12-34-85-93(74,75)90-46-18-24-61(25-19-46)51(66)14-7-9-31-81-57-43(4)53(68)55(70)48(36-63)87-57)40-80-30-13-35-86-94(76,77)91-47-20-26-62(27-21-47)52(67)15-8-10-32-82-58-44(5)54(69)56(71)49(37-64)88-58/h42-49,53-58,63-64,68-71H,6-41H2,1-5H3,(H,72,73)(H,74,75)(H,76,77)/t43?,44?,48?,49?,53-,54-,55+,56+,57-,58-,59?/m1/s1. The van der Waals surface area contributed by atoms with E-state index in [9.17, 15) is 73.4 Å². The van der Waals surface area contributed by atoms with Crippen LogP contribution in [-0.2, 0) is 93.1 Å². The molecule has 32 nitrogen and oxygen atoms in total. The van der Waals surface area contributed by atoms with Gasteiger partial charge in [-0.2, -0.15) is 0 Å². The summed E-state index contributed by atoms with van der Waals surface area (Å²) in [6.07, 6.45) is -4.79. The van der Waals surface area contributed by atoms with Crippen LogP contribution in [0.3, 0.4) is 0 Å². The van der Waals surface area contributed by atoms with E-state index in [2.05, 4.69) is 0 Å². The molecule has 7 unspecified atom stereocenters. The number of rotatable bonds is 45. The molecule has 3 amide bonds. The molecular formula is C59H110N3O29P3. The highest BCUT2D eigenvalue weighted by Crippen LogP contribution is 2.48. The van der Waals surface area contributed by atoms with Gasteiger partial charge < -0.3 is 97.9 Å². The number of carbonyl (C=O) groups excluding carboxylic acids is 3. The van der Waals surface area contributed by atoms with Crippen molar-refractivity contribution in [2.24, 2.45) is 17.3 Å². The Kier molecular flexibility index (Phi) is 37.4. The summed E-state index contributed by atoms with van der Waals surface area (Å²) >= 11 is 0. The van der Waals surface area contributed by atoms with Gasteiger partial charge in [0.05, 0.1) is 102 Å². The van der Waals surface area contributed by atoms with E-state index in [1.165, 1.54) is 0 Å². The number of piperidine rings is 3. The van der Waals surface area contributed by atoms with Crippen LogP contribution in [0.15, 0.2) is 0 Å². The predicted molar refractivity (Wildman–Crippen MR) is 333 cm³/mol. The topological polar surface area (TPSA) is 423 Å². The smallest absolute Gasteiger partial charge is 0.394 e. The number of aliphatic hydroxyl groups is 6. The van der Waals surface area contributed by atoms with Gasteiger partial charge in [0.15, 0.2) is 12.6 Å². The van der Waals surface area contributed by atoms with Crippen molar-refractivity contribution in [2.45, 2.75) is 211 Å². The van der Waals surface area contributed by atoms with Crippen molar-refractivity contribution >= 4 is 41.2 Å². The highest BCUT2D eigenvalue weighted by Gasteiger charge is 2.44. The van der Waals surface area contributed by atoms with Gasteiger partial charge in [-0.3, -0.25) is 41.5 Å². The first-order valence-corrected chi connectivity index (χ1v) is 37.8. The Morgan fingerprint density at radius 1 is 0.479 bits per heavy atom. The molecule has 13 atom stereocenters. The van der Waals surface area contributed by atoms with E-state index in [0.29, 0.717) is 110 Å². The fraction of sp³-hybridized carbons (Fsp3) is 0.949. The zero-order chi connectivity index (χ0) is 68.9. The highest BCUT2D eigenvalue weighted by molar-refractivity contribution is 7.47. The summed E-state index contributed by atoms with van der Waals surface area (Å²) in [7, 11) is -13.4. The SMILES string of the molecule is CCC(=O)N1CCC(OP(=O)(O)OCCCOCC(COCCCOP(=O)(O)OC2CCN(C(=O)CCCCO[C@@H]3OC(CO)[C@H](O)[C@H](O)C3C)CC2)(COCCCOP(=O)(O)OC2CCN(C(=O)CCCCO[C@@H]3OC(CO)[C@H](O)[C@H](O)C3C)CC2)COC(C)C)CC1. The molecule has 0 aliphatic carbocycles. The third-order valence-corrected chi connectivity index (χ3v) is 20.3. The van der Waals surface area contributed by atoms with Gasteiger partial charge in [-0.25, -0.2) is 13.7 Å². The van der Waals surface area contributed by atoms with E-state index in [4.69, 9.17) is 65.0 Å². The lowest BCUT2D eigenvalue weighted by Crippen LogP contribution is -2.55. The van der Waals surface area contributed by atoms with Crippen molar-refractivity contribution in [3.63, 3.8) is 0 Å². The average molecular weight is 1420 g/mol. The molecule has 5 aliphatic rings. The molecule has 0 bridgehead atoms. The number of likely N-dealkylation sites (tertiary alicyclic amines) is 3. The Hall–Kier alpha value is -1.82. The second-order valence-corrected chi connectivity index (χ2v) is 29.4. The molecule has 5 heterocycles. The summed E-state index contributed by atoms with van der Waals surface area (Å²) in [5.74, 6) is -1.21. The Balaban J connectivity index is 1.01. The normalized spacial score (nSPS) is 28.1. The quantitative estimate of drug-likeness (QED) is 0.0312. The predicted octanol–water partition coefficient (Wildman–Crippen LogP) is 2.93. The van der Waals surface area contributed by atoms with E-state index in [0.717, 1.165) is 0 Å². The molecule has 94 heavy (non-hydrogen) atoms. The van der Waals surface area contributed by atoms with Gasteiger partial charge in [0, 0.05) is 103 Å². The van der Waals surface area contributed by atoms with Gasteiger partial charge >= 0.3 is 23.5 Å². The van der Waals surface area contributed by atoms with Gasteiger partial charge in [0.2, 0.25) is 17.7 Å². The molecule has 35 heteroatoms. The van der Waals surface area contributed by atoms with Crippen LogP contribution in [0.4, 0.5) is 0 Å². The Morgan fingerprint density at radius 3 is 1.12 bits per heavy atom. The first kappa shape index (κ1) is 82.8. The molecule has 550 valence electrons. The van der Waals surface area contributed by atoms with Crippen LogP contribution < -0.4 is 0 Å². The summed E-state index contributed by atoms with van der Waals surface area (Å²) in [4.78, 5) is 74.8. The zero-order valence-electron chi connectivity index (χ0n) is 55.4. The number of unbranched alkanes of at least 4 members (excludes halogenated alkanes) is 2. The molecule has 9 N–H and O–H groups in total. The lowest BCUT2D eigenvalue weighted by Gasteiger charge is -2.40. The lowest BCUT2D eigenvalue weighted by atomic mass is 9.92. The number of nitrogens with zero attached hydrogens (tertiary/aromatic N) is 3. The van der Waals surface area contributed by atoms with Crippen LogP contribution in [0.1, 0.15) is 137 Å². The van der Waals surface area contributed by atoms with E-state index in [-0.39, 0.29) is 135 Å². The van der Waals surface area contributed by atoms with Crippen molar-refractivity contribution in [3.8, 4) is 0 Å². The molecule has 0 aromatic carbocycles. The van der Waals surface area contributed by atoms with E-state index < -0.39 is 121 Å². The van der Waals surface area contributed by atoms with Gasteiger partial charge in [-0.15, -0.1) is 0 Å². The van der Waals surface area contributed by atoms with Gasteiger partial charge in [0.1, 0.15) is 24.4 Å². The van der Waals surface area contributed by atoms with Gasteiger partial charge in [0.25, 0.3) is 0 Å². The van der Waals surface area contributed by atoms with Crippen molar-refractivity contribution in [1.82, 2.24) is 14.7 Å². The summed E-state index contributed by atoms with van der Waals surface area (Å²) in [6, 6.07) is 0. The number of phosphoric acid groups is 3. The molecule has 0 saturated carbocycles. The molecule has 5 fully saturated rings. The summed E-state index contributed by atoms with van der Waals surface area (Å²) in [5, 5.41) is 59.6. The third kappa shape index (κ3) is 29.4. The summed E-state index contributed by atoms with van der Waals surface area (Å²) in [6.45, 7) is 10.2. The maximum absolute atomic E-state index is 13.0. The Bertz CT molecular complexity index is 2200. The number of ether oxygens (including phenoxy) is 8. The van der Waals surface area contributed by atoms with Crippen molar-refractivity contribution in [2.75, 3.05) is 132 Å². The molecule has 0 radical (unpaired) electrons. The van der Waals surface area contributed by atoms with Crippen LogP contribution >= 0.6 is 23.5 Å². The van der Waals surface area contributed by atoms with Crippen molar-refractivity contribution < 1.29 is 138 Å². The molecular weight excluding hydrogens is 1310 g/mol. The van der Waals surface area contributed by atoms with Gasteiger partial charge in [-0.05, 0) is 97.3 Å². The minimum absolute atomic E-state index is 0.00527. The van der Waals surface area contributed by atoms with Crippen LogP contribution in [0.2, 0.25) is 0 Å². The van der Waals surface area contributed by atoms with Crippen LogP contribution in [0.5, 0.6) is 0 Å². The molecule has 0 spiro atoms. The fourth-order valence-corrected chi connectivity index (χ4v) is 14.3. The van der Waals surface area contributed by atoms with Crippen molar-refractivity contribution in [1.29, 1.82) is 0 Å². The van der Waals surface area contributed by atoms with Crippen LogP contribution in [0, 0.1) is 17.3 Å². The largest absolute Gasteiger partial charge is 0.472 e. The van der Waals surface area contributed by atoms with E-state index in [1.54, 1.807) is 35.5 Å². The fourth-order valence-electron chi connectivity index (χ4n) is 11.3.